The van der Waals surface area contributed by atoms with Crippen molar-refractivity contribution < 1.29 is 13.2 Å². The van der Waals surface area contributed by atoms with Gasteiger partial charge in [-0.25, -0.2) is 9.97 Å². The summed E-state index contributed by atoms with van der Waals surface area (Å²) in [6, 6.07) is 1.24. The maximum absolute atomic E-state index is 12.5. The van der Waals surface area contributed by atoms with E-state index in [0.717, 1.165) is 11.8 Å². The quantitative estimate of drug-likeness (QED) is 0.834. The summed E-state index contributed by atoms with van der Waals surface area (Å²) < 4.78 is 39.0. The highest BCUT2D eigenvalue weighted by molar-refractivity contribution is 7.99. The number of rotatable bonds is 2. The molecule has 0 fully saturated rings. The van der Waals surface area contributed by atoms with Crippen LogP contribution in [0.4, 0.5) is 19.0 Å². The number of aromatic nitrogens is 5. The molecule has 0 aliphatic heterocycles. The summed E-state index contributed by atoms with van der Waals surface area (Å²) in [4.78, 5) is 6.53. The number of nitrogens with two attached hydrogens (primary N) is 1. The van der Waals surface area contributed by atoms with Gasteiger partial charge in [0.05, 0.1) is 0 Å². The van der Waals surface area contributed by atoms with Crippen LogP contribution in [0.25, 0.3) is 0 Å². The molecule has 0 bridgehead atoms. The third kappa shape index (κ3) is 2.70. The predicted octanol–water partition coefficient (Wildman–Crippen LogP) is 1.36. The summed E-state index contributed by atoms with van der Waals surface area (Å²) in [6.07, 6.45) is -3.21. The normalized spacial score (nSPS) is 11.8. The number of aryl methyl sites for hydroxylation is 1. The zero-order chi connectivity index (χ0) is 13.3. The van der Waals surface area contributed by atoms with Gasteiger partial charge in [0, 0.05) is 13.1 Å². The molecule has 0 aromatic carbocycles. The van der Waals surface area contributed by atoms with Crippen molar-refractivity contribution >= 4 is 17.6 Å². The zero-order valence-electron chi connectivity index (χ0n) is 9.01. The third-order valence-electron chi connectivity index (χ3n) is 1.84. The van der Waals surface area contributed by atoms with Gasteiger partial charge in [0.15, 0.2) is 5.16 Å². The molecule has 0 spiro atoms. The van der Waals surface area contributed by atoms with Crippen molar-refractivity contribution in [1.29, 1.82) is 0 Å². The molecule has 0 radical (unpaired) electrons. The summed E-state index contributed by atoms with van der Waals surface area (Å²) in [5.41, 5.74) is 5.32. The Bertz CT molecular complexity index is 566. The summed E-state index contributed by atoms with van der Waals surface area (Å²) in [5.74, 6) is -1.52. The van der Waals surface area contributed by atoms with E-state index in [1.165, 1.54) is 12.4 Å². The van der Waals surface area contributed by atoms with Crippen LogP contribution in [-0.4, -0.2) is 24.7 Å². The van der Waals surface area contributed by atoms with E-state index in [4.69, 9.17) is 5.73 Å². The Morgan fingerprint density at radius 2 is 2.06 bits per heavy atom. The fraction of sp³-hybridized carbons (Fsp3) is 0.250. The lowest BCUT2D eigenvalue weighted by Gasteiger charge is -2.07. The molecule has 2 aromatic rings. The molecule has 96 valence electrons. The Morgan fingerprint density at radius 1 is 1.33 bits per heavy atom. The molecule has 6 nitrogen and oxygen atoms in total. The van der Waals surface area contributed by atoms with Crippen LogP contribution in [0.1, 0.15) is 5.82 Å². The first-order chi connectivity index (χ1) is 8.36. The maximum atomic E-state index is 12.5. The van der Waals surface area contributed by atoms with E-state index >= 15 is 0 Å². The summed E-state index contributed by atoms with van der Waals surface area (Å²) in [6.45, 7) is 0. The summed E-state index contributed by atoms with van der Waals surface area (Å²) >= 11 is 0.924. The van der Waals surface area contributed by atoms with Crippen LogP contribution >= 0.6 is 11.8 Å². The van der Waals surface area contributed by atoms with Crippen molar-refractivity contribution in [1.82, 2.24) is 24.7 Å². The van der Waals surface area contributed by atoms with E-state index in [-0.39, 0.29) is 10.8 Å². The lowest BCUT2D eigenvalue weighted by atomic mass is 10.5. The smallest absolute Gasteiger partial charge is 0.384 e. The minimum absolute atomic E-state index is 0.0610. The van der Waals surface area contributed by atoms with Gasteiger partial charge in [-0.2, -0.15) is 13.2 Å². The molecule has 2 heterocycles. The van der Waals surface area contributed by atoms with Crippen LogP contribution in [0, 0.1) is 0 Å². The molecule has 2 aromatic heterocycles. The van der Waals surface area contributed by atoms with Gasteiger partial charge in [0.25, 0.3) is 0 Å². The molecule has 2 N–H and O–H groups in total. The van der Waals surface area contributed by atoms with Crippen LogP contribution < -0.4 is 5.73 Å². The first-order valence-corrected chi connectivity index (χ1v) is 5.41. The largest absolute Gasteiger partial charge is 0.451 e. The van der Waals surface area contributed by atoms with E-state index in [1.54, 1.807) is 11.6 Å². The van der Waals surface area contributed by atoms with Gasteiger partial charge in [-0.15, -0.1) is 10.2 Å². The fourth-order valence-corrected chi connectivity index (χ4v) is 1.86. The molecule has 0 aliphatic rings. The lowest BCUT2D eigenvalue weighted by molar-refractivity contribution is -0.145. The zero-order valence-corrected chi connectivity index (χ0v) is 9.83. The Balaban J connectivity index is 2.35. The fourth-order valence-electron chi connectivity index (χ4n) is 1.08. The average molecular weight is 276 g/mol. The van der Waals surface area contributed by atoms with Crippen molar-refractivity contribution in [3.8, 4) is 0 Å². The number of halogens is 3. The molecule has 0 aliphatic carbocycles. The Morgan fingerprint density at radius 3 is 2.61 bits per heavy atom. The molecule has 0 saturated heterocycles. The number of anilines is 1. The van der Waals surface area contributed by atoms with Crippen LogP contribution in [0.3, 0.4) is 0 Å². The van der Waals surface area contributed by atoms with Crippen molar-refractivity contribution in [2.24, 2.45) is 7.05 Å². The van der Waals surface area contributed by atoms with Crippen LogP contribution in [0.5, 0.6) is 0 Å². The average Bonchev–Trinajstić information content (AvgIpc) is 2.62. The van der Waals surface area contributed by atoms with E-state index in [9.17, 15) is 13.2 Å². The van der Waals surface area contributed by atoms with Crippen molar-refractivity contribution in [3.05, 3.63) is 18.2 Å². The van der Waals surface area contributed by atoms with E-state index < -0.39 is 12.0 Å². The van der Waals surface area contributed by atoms with Crippen LogP contribution in [0.15, 0.2) is 22.6 Å². The van der Waals surface area contributed by atoms with Gasteiger partial charge in [-0.3, -0.25) is 0 Å². The first-order valence-electron chi connectivity index (χ1n) is 4.60. The molecule has 10 heteroatoms. The summed E-state index contributed by atoms with van der Waals surface area (Å²) in [7, 11) is 1.66. The predicted molar refractivity (Wildman–Crippen MR) is 56.6 cm³/mol. The van der Waals surface area contributed by atoms with Crippen LogP contribution in [0.2, 0.25) is 0 Å². The highest BCUT2D eigenvalue weighted by Crippen LogP contribution is 2.30. The second-order valence-corrected chi connectivity index (χ2v) is 4.27. The SMILES string of the molecule is Cn1cnnc1Sc1cc(N)nc(C(F)(F)F)n1. The third-order valence-corrected chi connectivity index (χ3v) is 2.81. The number of hydrogen-bond donors (Lipinski definition) is 1. The lowest BCUT2D eigenvalue weighted by Crippen LogP contribution is -2.12. The van der Waals surface area contributed by atoms with E-state index in [1.807, 2.05) is 0 Å². The molecule has 0 amide bonds. The summed E-state index contributed by atoms with van der Waals surface area (Å²) in [5, 5.41) is 7.80. The van der Waals surface area contributed by atoms with Crippen LogP contribution in [-0.2, 0) is 13.2 Å². The Kier molecular flexibility index (Phi) is 3.11. The monoisotopic (exact) mass is 276 g/mol. The first kappa shape index (κ1) is 12.6. The van der Waals surface area contributed by atoms with Gasteiger partial charge in [0.2, 0.25) is 5.82 Å². The number of nitrogen functional groups attached to an aromatic ring is 1. The van der Waals surface area contributed by atoms with Crippen molar-refractivity contribution in [2.75, 3.05) is 5.73 Å². The van der Waals surface area contributed by atoms with E-state index in [2.05, 4.69) is 20.2 Å². The number of hydrogen-bond acceptors (Lipinski definition) is 6. The standard InChI is InChI=1S/C8H7F3N6S/c1-17-3-13-16-7(17)18-5-2-4(12)14-6(15-5)8(9,10)11/h2-3H,1H3,(H2,12,14,15). The van der Waals surface area contributed by atoms with Gasteiger partial charge >= 0.3 is 6.18 Å². The van der Waals surface area contributed by atoms with Gasteiger partial charge in [0.1, 0.15) is 17.2 Å². The highest BCUT2D eigenvalue weighted by Gasteiger charge is 2.35. The number of nitrogens with zero attached hydrogens (tertiary/aromatic N) is 5. The molecule has 18 heavy (non-hydrogen) atoms. The second kappa shape index (κ2) is 4.44. The van der Waals surface area contributed by atoms with Gasteiger partial charge in [-0.05, 0) is 11.8 Å². The topological polar surface area (TPSA) is 82.5 Å². The molecular weight excluding hydrogens is 269 g/mol. The maximum Gasteiger partial charge on any atom is 0.451 e. The van der Waals surface area contributed by atoms with E-state index in [0.29, 0.717) is 5.16 Å². The van der Waals surface area contributed by atoms with Gasteiger partial charge < -0.3 is 10.3 Å². The van der Waals surface area contributed by atoms with Gasteiger partial charge in [-0.1, -0.05) is 0 Å². The Labute approximate surface area is 103 Å². The minimum Gasteiger partial charge on any atom is -0.384 e. The molecule has 0 atom stereocenters. The van der Waals surface area contributed by atoms with Crippen molar-refractivity contribution in [3.63, 3.8) is 0 Å². The molecule has 2 rings (SSSR count). The molecule has 0 unspecified atom stereocenters. The number of alkyl halides is 3. The minimum atomic E-state index is -4.63. The highest BCUT2D eigenvalue weighted by atomic mass is 32.2. The Hall–Kier alpha value is -1.84. The second-order valence-electron chi connectivity index (χ2n) is 3.28. The van der Waals surface area contributed by atoms with Crippen molar-refractivity contribution in [2.45, 2.75) is 16.4 Å². The molecular formula is C8H7F3N6S. The molecule has 0 saturated carbocycles.